The molecule has 1 saturated heterocycles. The molecule has 2 fully saturated rings. The largest absolute Gasteiger partial charge is 0.392 e. The van der Waals surface area contributed by atoms with Gasteiger partial charge in [0.05, 0.1) is 24.1 Å². The maximum atomic E-state index is 13.9. The standard InChI is InChI=1S/C31H33N7O2/c1-21-26(12-10-22-6-8-23(20-39)9-7-22)30(40)38(24-4-2-3-5-24)29-27(21)19-34-31(36-29)35-28-13-11-25(18-33-28)37-16-14-32-15-17-37/h6-9,11,13,18-19,24,32,39H,2-5,14-17,20H2,1H3,(H,33,34,35,36). The summed E-state index contributed by atoms with van der Waals surface area (Å²) in [5, 5.41) is 16.7. The van der Waals surface area contributed by atoms with Crippen molar-refractivity contribution in [3.8, 4) is 11.8 Å². The van der Waals surface area contributed by atoms with Crippen LogP contribution in [0, 0.1) is 18.8 Å². The highest BCUT2D eigenvalue weighted by Crippen LogP contribution is 2.32. The molecule has 2 aliphatic rings. The van der Waals surface area contributed by atoms with Crippen LogP contribution in [0.2, 0.25) is 0 Å². The second-order valence-electron chi connectivity index (χ2n) is 10.4. The van der Waals surface area contributed by atoms with Gasteiger partial charge < -0.3 is 20.6 Å². The molecule has 1 aromatic carbocycles. The maximum absolute atomic E-state index is 13.9. The second-order valence-corrected chi connectivity index (χ2v) is 10.4. The molecule has 9 heteroatoms. The zero-order valence-electron chi connectivity index (χ0n) is 22.7. The molecule has 0 amide bonds. The lowest BCUT2D eigenvalue weighted by Gasteiger charge is -2.29. The van der Waals surface area contributed by atoms with Gasteiger partial charge in [0, 0.05) is 49.4 Å². The first-order chi connectivity index (χ1) is 19.6. The molecule has 4 aromatic rings. The van der Waals surface area contributed by atoms with E-state index in [-0.39, 0.29) is 18.2 Å². The van der Waals surface area contributed by atoms with Gasteiger partial charge in [0.15, 0.2) is 0 Å². The molecule has 3 aromatic heterocycles. The number of aliphatic hydroxyl groups is 1. The predicted octanol–water partition coefficient (Wildman–Crippen LogP) is 3.66. The Balaban J connectivity index is 1.35. The van der Waals surface area contributed by atoms with Crippen LogP contribution in [0.1, 0.15) is 54.0 Å². The van der Waals surface area contributed by atoms with E-state index in [1.165, 1.54) is 0 Å². The van der Waals surface area contributed by atoms with Gasteiger partial charge in [0.1, 0.15) is 11.5 Å². The number of aromatic nitrogens is 4. The van der Waals surface area contributed by atoms with Gasteiger partial charge in [-0.15, -0.1) is 0 Å². The number of nitrogens with zero attached hydrogens (tertiary/aromatic N) is 5. The summed E-state index contributed by atoms with van der Waals surface area (Å²) >= 11 is 0. The number of aryl methyl sites for hydroxylation is 1. The quantitative estimate of drug-likeness (QED) is 0.333. The third-order valence-corrected chi connectivity index (χ3v) is 7.84. The summed E-state index contributed by atoms with van der Waals surface area (Å²) in [5.74, 6) is 7.34. The van der Waals surface area contributed by atoms with Crippen LogP contribution >= 0.6 is 0 Å². The van der Waals surface area contributed by atoms with Crippen molar-refractivity contribution in [2.75, 3.05) is 36.4 Å². The molecule has 0 unspecified atom stereocenters. The molecule has 40 heavy (non-hydrogen) atoms. The number of hydrogen-bond acceptors (Lipinski definition) is 8. The van der Waals surface area contributed by atoms with Crippen LogP contribution in [0.4, 0.5) is 17.5 Å². The first-order valence-electron chi connectivity index (χ1n) is 13.9. The first kappa shape index (κ1) is 26.0. The molecule has 9 nitrogen and oxygen atoms in total. The van der Waals surface area contributed by atoms with E-state index in [2.05, 4.69) is 43.4 Å². The van der Waals surface area contributed by atoms with Crippen LogP contribution in [0.5, 0.6) is 0 Å². The van der Waals surface area contributed by atoms with Crippen molar-refractivity contribution in [1.82, 2.24) is 24.8 Å². The van der Waals surface area contributed by atoms with Crippen molar-refractivity contribution in [3.63, 3.8) is 0 Å². The van der Waals surface area contributed by atoms with E-state index in [0.29, 0.717) is 23.0 Å². The van der Waals surface area contributed by atoms with Gasteiger partial charge in [-0.2, -0.15) is 4.98 Å². The van der Waals surface area contributed by atoms with Crippen molar-refractivity contribution < 1.29 is 5.11 Å². The molecule has 3 N–H and O–H groups in total. The third kappa shape index (κ3) is 5.28. The van der Waals surface area contributed by atoms with Crippen LogP contribution in [0.25, 0.3) is 11.0 Å². The number of aliphatic hydroxyl groups excluding tert-OH is 1. The van der Waals surface area contributed by atoms with Crippen LogP contribution in [0.15, 0.2) is 53.6 Å². The fraction of sp³-hybridized carbons (Fsp3) is 0.355. The normalized spacial score (nSPS) is 15.7. The topological polar surface area (TPSA) is 108 Å². The van der Waals surface area contributed by atoms with Crippen molar-refractivity contribution in [3.05, 3.63) is 81.4 Å². The summed E-state index contributed by atoms with van der Waals surface area (Å²) in [7, 11) is 0. The molecule has 204 valence electrons. The van der Waals surface area contributed by atoms with Crippen LogP contribution in [-0.2, 0) is 6.61 Å². The van der Waals surface area contributed by atoms with Crippen molar-refractivity contribution >= 4 is 28.5 Å². The van der Waals surface area contributed by atoms with Gasteiger partial charge in [0.2, 0.25) is 5.95 Å². The molecule has 0 bridgehead atoms. The summed E-state index contributed by atoms with van der Waals surface area (Å²) < 4.78 is 1.84. The number of nitrogens with one attached hydrogen (secondary N) is 2. The lowest BCUT2D eigenvalue weighted by molar-refractivity contribution is 0.282. The van der Waals surface area contributed by atoms with E-state index in [9.17, 15) is 9.90 Å². The average molecular weight is 536 g/mol. The number of anilines is 3. The SMILES string of the molecule is Cc1c(C#Cc2ccc(CO)cc2)c(=O)n(C2CCCC2)c2nc(Nc3ccc(N4CCNCC4)cn3)ncc12. The Morgan fingerprint density at radius 3 is 2.50 bits per heavy atom. The maximum Gasteiger partial charge on any atom is 0.268 e. The Bertz CT molecular complexity index is 1620. The Labute approximate surface area is 233 Å². The average Bonchev–Trinajstić information content (AvgIpc) is 3.53. The fourth-order valence-corrected chi connectivity index (χ4v) is 5.55. The van der Waals surface area contributed by atoms with Gasteiger partial charge in [-0.05, 0) is 55.2 Å². The van der Waals surface area contributed by atoms with Gasteiger partial charge in [0.25, 0.3) is 5.56 Å². The summed E-state index contributed by atoms with van der Waals surface area (Å²) in [4.78, 5) is 30.2. The minimum absolute atomic E-state index is 0.0155. The minimum Gasteiger partial charge on any atom is -0.392 e. The lowest BCUT2D eigenvalue weighted by atomic mass is 10.1. The van der Waals surface area contributed by atoms with Crippen molar-refractivity contribution in [2.45, 2.75) is 45.3 Å². The van der Waals surface area contributed by atoms with Crippen LogP contribution < -0.4 is 21.1 Å². The molecular formula is C31H33N7O2. The van der Waals surface area contributed by atoms with Gasteiger partial charge in [-0.3, -0.25) is 9.36 Å². The zero-order valence-corrected chi connectivity index (χ0v) is 22.7. The summed E-state index contributed by atoms with van der Waals surface area (Å²) in [6.07, 6.45) is 7.70. The summed E-state index contributed by atoms with van der Waals surface area (Å²) in [6, 6.07) is 11.5. The highest BCUT2D eigenvalue weighted by atomic mass is 16.3. The van der Waals surface area contributed by atoms with Gasteiger partial charge >= 0.3 is 0 Å². The van der Waals surface area contributed by atoms with E-state index in [1.807, 2.05) is 48.0 Å². The monoisotopic (exact) mass is 535 g/mol. The molecule has 1 aliphatic heterocycles. The summed E-state index contributed by atoms with van der Waals surface area (Å²) in [6.45, 7) is 5.76. The molecule has 0 atom stereocenters. The number of hydrogen-bond donors (Lipinski definition) is 3. The highest BCUT2D eigenvalue weighted by molar-refractivity contribution is 5.82. The number of pyridine rings is 2. The Kier molecular flexibility index (Phi) is 7.45. The molecule has 6 rings (SSSR count). The van der Waals surface area contributed by atoms with Crippen molar-refractivity contribution in [2.24, 2.45) is 0 Å². The number of piperazine rings is 1. The predicted molar refractivity (Wildman–Crippen MR) is 157 cm³/mol. The Morgan fingerprint density at radius 1 is 1.02 bits per heavy atom. The van der Waals surface area contributed by atoms with Gasteiger partial charge in [-0.25, -0.2) is 9.97 Å². The van der Waals surface area contributed by atoms with Crippen LogP contribution in [0.3, 0.4) is 0 Å². The number of benzene rings is 1. The van der Waals surface area contributed by atoms with E-state index in [0.717, 1.165) is 79.6 Å². The molecule has 0 radical (unpaired) electrons. The number of rotatable bonds is 5. The Morgan fingerprint density at radius 2 is 1.80 bits per heavy atom. The Hall–Kier alpha value is -4.26. The molecule has 1 saturated carbocycles. The fourth-order valence-electron chi connectivity index (χ4n) is 5.55. The van der Waals surface area contributed by atoms with E-state index >= 15 is 0 Å². The van der Waals surface area contributed by atoms with Crippen molar-refractivity contribution in [1.29, 1.82) is 0 Å². The third-order valence-electron chi connectivity index (χ3n) is 7.84. The van der Waals surface area contributed by atoms with E-state index in [4.69, 9.17) is 4.98 Å². The van der Waals surface area contributed by atoms with Gasteiger partial charge in [-0.1, -0.05) is 36.8 Å². The molecular weight excluding hydrogens is 502 g/mol. The van der Waals surface area contributed by atoms with E-state index in [1.54, 1.807) is 6.20 Å². The first-order valence-corrected chi connectivity index (χ1v) is 13.9. The molecule has 1 aliphatic carbocycles. The zero-order chi connectivity index (χ0) is 27.5. The summed E-state index contributed by atoms with van der Waals surface area (Å²) in [5.41, 5.74) is 4.47. The molecule has 0 spiro atoms. The second kappa shape index (κ2) is 11.5. The van der Waals surface area contributed by atoms with E-state index < -0.39 is 0 Å². The lowest BCUT2D eigenvalue weighted by Crippen LogP contribution is -2.43. The smallest absolute Gasteiger partial charge is 0.268 e. The number of fused-ring (bicyclic) bond motifs is 1. The minimum atomic E-state index is -0.112. The van der Waals surface area contributed by atoms with Crippen LogP contribution in [-0.4, -0.2) is 50.8 Å². The molecule has 4 heterocycles. The highest BCUT2D eigenvalue weighted by Gasteiger charge is 2.24.